The van der Waals surface area contributed by atoms with E-state index >= 15 is 0 Å². The van der Waals surface area contributed by atoms with E-state index < -0.39 is 0 Å². The van der Waals surface area contributed by atoms with Gasteiger partial charge in [-0.2, -0.15) is 5.10 Å². The number of aromatic nitrogens is 2. The minimum absolute atomic E-state index is 0.0352. The predicted octanol–water partition coefficient (Wildman–Crippen LogP) is 1.75. The van der Waals surface area contributed by atoms with E-state index in [1.54, 1.807) is 4.68 Å². The van der Waals surface area contributed by atoms with Gasteiger partial charge in [-0.15, -0.1) is 0 Å². The average Bonchev–Trinajstić information content (AvgIpc) is 2.82. The third-order valence-electron chi connectivity index (χ3n) is 5.88. The molecule has 3 aliphatic rings. The molecule has 0 radical (unpaired) electrons. The van der Waals surface area contributed by atoms with Gasteiger partial charge in [0.25, 0.3) is 5.91 Å². The molecule has 0 aromatic carbocycles. The molecule has 24 heavy (non-hydrogen) atoms. The van der Waals surface area contributed by atoms with Crippen molar-refractivity contribution in [2.45, 2.75) is 57.8 Å². The summed E-state index contributed by atoms with van der Waals surface area (Å²) < 4.78 is 7.63. The summed E-state index contributed by atoms with van der Waals surface area (Å²) >= 11 is 0. The number of piperazine rings is 1. The monoisotopic (exact) mass is 332 g/mol. The molecule has 0 unspecified atom stereocenters. The summed E-state index contributed by atoms with van der Waals surface area (Å²) in [5, 5.41) is 4.58. The molecule has 2 fully saturated rings. The molecule has 132 valence electrons. The van der Waals surface area contributed by atoms with Crippen molar-refractivity contribution >= 4 is 5.91 Å². The molecule has 6 nitrogen and oxygen atoms in total. The van der Waals surface area contributed by atoms with Crippen LogP contribution in [0.5, 0.6) is 0 Å². The van der Waals surface area contributed by atoms with E-state index in [1.165, 1.54) is 19.3 Å². The van der Waals surface area contributed by atoms with Crippen LogP contribution < -0.4 is 0 Å². The molecule has 1 aliphatic carbocycles. The number of hydrogen-bond donors (Lipinski definition) is 0. The number of carbonyl (C=O) groups is 1. The molecule has 0 spiro atoms. The number of hydrogen-bond acceptors (Lipinski definition) is 4. The van der Waals surface area contributed by atoms with Crippen molar-refractivity contribution in [3.8, 4) is 0 Å². The van der Waals surface area contributed by atoms with E-state index in [-0.39, 0.29) is 18.1 Å². The van der Waals surface area contributed by atoms with Crippen LogP contribution in [-0.4, -0.2) is 63.8 Å². The summed E-state index contributed by atoms with van der Waals surface area (Å²) in [6.07, 6.45) is 4.91. The zero-order valence-corrected chi connectivity index (χ0v) is 15.0. The molecule has 1 saturated heterocycles. The largest absolute Gasteiger partial charge is 0.369 e. The highest BCUT2D eigenvalue weighted by atomic mass is 16.5. The zero-order chi connectivity index (χ0) is 16.8. The van der Waals surface area contributed by atoms with Crippen LogP contribution in [0.25, 0.3) is 0 Å². The fourth-order valence-electron chi connectivity index (χ4n) is 4.32. The molecule has 1 aromatic rings. The third-order valence-corrected chi connectivity index (χ3v) is 5.88. The summed E-state index contributed by atoms with van der Waals surface area (Å²) in [5.74, 6) is 0.140. The van der Waals surface area contributed by atoms with E-state index in [1.807, 2.05) is 18.9 Å². The van der Waals surface area contributed by atoms with Gasteiger partial charge in [0, 0.05) is 51.3 Å². The van der Waals surface area contributed by atoms with Crippen LogP contribution in [0.3, 0.4) is 0 Å². The Hall–Kier alpha value is -1.40. The quantitative estimate of drug-likeness (QED) is 0.828. The highest BCUT2D eigenvalue weighted by molar-refractivity contribution is 5.94. The van der Waals surface area contributed by atoms with Crippen molar-refractivity contribution in [1.29, 1.82) is 0 Å². The van der Waals surface area contributed by atoms with Gasteiger partial charge >= 0.3 is 0 Å². The van der Waals surface area contributed by atoms with Crippen LogP contribution >= 0.6 is 0 Å². The molecule has 2 atom stereocenters. The first kappa shape index (κ1) is 16.1. The number of rotatable bonds is 2. The second-order valence-corrected chi connectivity index (χ2v) is 7.54. The molecular weight excluding hydrogens is 304 g/mol. The first-order valence-electron chi connectivity index (χ1n) is 9.29. The maximum absolute atomic E-state index is 13.1. The van der Waals surface area contributed by atoms with Crippen molar-refractivity contribution in [3.05, 3.63) is 17.0 Å². The predicted molar refractivity (Wildman–Crippen MR) is 91.0 cm³/mol. The number of fused-ring (bicyclic) bond motifs is 1. The second-order valence-electron chi connectivity index (χ2n) is 7.54. The first-order valence-corrected chi connectivity index (χ1v) is 9.29. The molecule has 1 aromatic heterocycles. The van der Waals surface area contributed by atoms with Crippen LogP contribution in [0.4, 0.5) is 0 Å². The zero-order valence-electron chi connectivity index (χ0n) is 15.0. The van der Waals surface area contributed by atoms with E-state index in [4.69, 9.17) is 4.74 Å². The second kappa shape index (κ2) is 6.15. The Balaban J connectivity index is 1.51. The molecular formula is C18H28N4O2. The van der Waals surface area contributed by atoms with E-state index in [0.29, 0.717) is 0 Å². The Kier molecular flexibility index (Phi) is 4.12. The number of aryl methyl sites for hydroxylation is 1. The molecule has 0 bridgehead atoms. The maximum Gasteiger partial charge on any atom is 0.272 e. The highest BCUT2D eigenvalue weighted by Crippen LogP contribution is 2.32. The smallest absolute Gasteiger partial charge is 0.272 e. The van der Waals surface area contributed by atoms with Crippen molar-refractivity contribution in [2.75, 3.05) is 26.2 Å². The lowest BCUT2D eigenvalue weighted by Gasteiger charge is -2.43. The maximum atomic E-state index is 13.1. The van der Waals surface area contributed by atoms with E-state index in [2.05, 4.69) is 16.9 Å². The van der Waals surface area contributed by atoms with Gasteiger partial charge in [-0.25, -0.2) is 0 Å². The van der Waals surface area contributed by atoms with Gasteiger partial charge in [-0.3, -0.25) is 14.4 Å². The van der Waals surface area contributed by atoms with Crippen molar-refractivity contribution < 1.29 is 9.53 Å². The Bertz CT molecular complexity index is 629. The molecule has 6 heteroatoms. The molecule has 1 amide bonds. The van der Waals surface area contributed by atoms with Crippen molar-refractivity contribution in [2.24, 2.45) is 7.05 Å². The Morgan fingerprint density at radius 1 is 1.17 bits per heavy atom. The fraction of sp³-hybridized carbons (Fsp3) is 0.778. The number of carbonyl (C=O) groups excluding carboxylic acids is 1. The topological polar surface area (TPSA) is 50.6 Å². The lowest BCUT2D eigenvalue weighted by atomic mass is 9.91. The van der Waals surface area contributed by atoms with Crippen LogP contribution in [0.15, 0.2) is 0 Å². The fourth-order valence-corrected chi connectivity index (χ4v) is 4.32. The molecule has 3 heterocycles. The van der Waals surface area contributed by atoms with E-state index in [0.717, 1.165) is 55.6 Å². The summed E-state index contributed by atoms with van der Waals surface area (Å²) in [5.41, 5.74) is 2.80. The van der Waals surface area contributed by atoms with Gasteiger partial charge in [0.05, 0.1) is 17.9 Å². The summed E-state index contributed by atoms with van der Waals surface area (Å²) in [7, 11) is 1.88. The number of nitrogens with zero attached hydrogens (tertiary/aromatic N) is 4. The summed E-state index contributed by atoms with van der Waals surface area (Å²) in [6.45, 7) is 7.76. The average molecular weight is 332 g/mol. The normalized spacial score (nSPS) is 28.5. The number of amides is 1. The summed E-state index contributed by atoms with van der Waals surface area (Å²) in [6, 6.07) is 0.769. The minimum atomic E-state index is -0.0352. The van der Waals surface area contributed by atoms with Crippen LogP contribution in [0, 0.1) is 0 Å². The van der Waals surface area contributed by atoms with Gasteiger partial charge in [0.1, 0.15) is 5.69 Å². The molecule has 4 rings (SSSR count). The summed E-state index contributed by atoms with van der Waals surface area (Å²) in [4.78, 5) is 17.7. The third kappa shape index (κ3) is 2.65. The van der Waals surface area contributed by atoms with Gasteiger partial charge in [0.2, 0.25) is 0 Å². The van der Waals surface area contributed by atoms with Gasteiger partial charge in [-0.05, 0) is 26.7 Å². The van der Waals surface area contributed by atoms with Crippen LogP contribution in [-0.2, 0) is 18.2 Å². The first-order chi connectivity index (χ1) is 11.5. The molecule has 1 saturated carbocycles. The standard InChI is InChI=1S/C18H28N4O2/c1-12-11-15-16(13(2)24-12)19-20(3)17(15)18(23)22-9-7-21(8-10-22)14-5-4-6-14/h12-14H,4-11H2,1-3H3/t12-,13+/m1/s1. The Morgan fingerprint density at radius 2 is 1.88 bits per heavy atom. The number of ether oxygens (including phenoxy) is 1. The van der Waals surface area contributed by atoms with Crippen LogP contribution in [0.2, 0.25) is 0 Å². The van der Waals surface area contributed by atoms with Crippen molar-refractivity contribution in [1.82, 2.24) is 19.6 Å². The van der Waals surface area contributed by atoms with E-state index in [9.17, 15) is 4.79 Å². The highest BCUT2D eigenvalue weighted by Gasteiger charge is 2.35. The van der Waals surface area contributed by atoms with Gasteiger partial charge in [0.15, 0.2) is 0 Å². The van der Waals surface area contributed by atoms with Gasteiger partial charge < -0.3 is 9.64 Å². The molecule has 0 N–H and O–H groups in total. The van der Waals surface area contributed by atoms with Crippen LogP contribution in [0.1, 0.15) is 61.0 Å². The minimum Gasteiger partial charge on any atom is -0.369 e. The molecule has 2 aliphatic heterocycles. The van der Waals surface area contributed by atoms with Gasteiger partial charge in [-0.1, -0.05) is 6.42 Å². The Labute approximate surface area is 143 Å². The lowest BCUT2D eigenvalue weighted by Crippen LogP contribution is -2.53. The Morgan fingerprint density at radius 3 is 2.50 bits per heavy atom. The van der Waals surface area contributed by atoms with Crippen molar-refractivity contribution in [3.63, 3.8) is 0 Å². The lowest BCUT2D eigenvalue weighted by molar-refractivity contribution is -0.00718. The SMILES string of the molecule is C[C@@H]1Cc2c(nn(C)c2C(=O)N2CCN(C3CCC3)CC2)[C@H](C)O1.